The third-order valence-corrected chi connectivity index (χ3v) is 3.90. The highest BCUT2D eigenvalue weighted by molar-refractivity contribution is 5.94. The van der Waals surface area contributed by atoms with E-state index in [9.17, 15) is 10.2 Å². The van der Waals surface area contributed by atoms with Crippen LogP contribution < -0.4 is 0 Å². The average molecular weight is 238 g/mol. The fourth-order valence-electron chi connectivity index (χ4n) is 2.92. The molecule has 2 aromatic carbocycles. The standard InChI is InChI=1S/C16H14O2/c1-3-15(17)12-9-5-7-11-8-6-10-13(14(11)12)16(15,18)4-2/h3-10,17-18H,1-2H2/t15-,16-/m0/s1. The van der Waals surface area contributed by atoms with Crippen LogP contribution in [0.15, 0.2) is 61.7 Å². The van der Waals surface area contributed by atoms with Gasteiger partial charge in [-0.15, -0.1) is 0 Å². The van der Waals surface area contributed by atoms with Crippen LogP contribution >= 0.6 is 0 Å². The van der Waals surface area contributed by atoms with E-state index in [2.05, 4.69) is 13.2 Å². The van der Waals surface area contributed by atoms with Gasteiger partial charge in [-0.3, -0.25) is 0 Å². The molecule has 0 heterocycles. The highest BCUT2D eigenvalue weighted by Crippen LogP contribution is 2.53. The molecule has 0 aliphatic heterocycles. The van der Waals surface area contributed by atoms with Gasteiger partial charge in [-0.1, -0.05) is 61.7 Å². The monoisotopic (exact) mass is 238 g/mol. The zero-order valence-corrected chi connectivity index (χ0v) is 9.93. The minimum atomic E-state index is -1.53. The van der Waals surface area contributed by atoms with Crippen LogP contribution in [0.3, 0.4) is 0 Å². The van der Waals surface area contributed by atoms with E-state index in [0.717, 1.165) is 10.8 Å². The maximum atomic E-state index is 10.8. The summed E-state index contributed by atoms with van der Waals surface area (Å²) in [4.78, 5) is 0. The van der Waals surface area contributed by atoms with Gasteiger partial charge in [0, 0.05) is 0 Å². The maximum absolute atomic E-state index is 10.8. The van der Waals surface area contributed by atoms with Crippen LogP contribution in [0.4, 0.5) is 0 Å². The van der Waals surface area contributed by atoms with Crippen molar-refractivity contribution in [2.45, 2.75) is 11.2 Å². The van der Waals surface area contributed by atoms with Gasteiger partial charge in [0.25, 0.3) is 0 Å². The third kappa shape index (κ3) is 1.00. The van der Waals surface area contributed by atoms with Gasteiger partial charge in [-0.25, -0.2) is 0 Å². The molecule has 2 atom stereocenters. The number of hydrogen-bond acceptors (Lipinski definition) is 2. The van der Waals surface area contributed by atoms with Crippen molar-refractivity contribution in [1.82, 2.24) is 0 Å². The number of aliphatic hydroxyl groups is 2. The fourth-order valence-corrected chi connectivity index (χ4v) is 2.92. The predicted molar refractivity (Wildman–Crippen MR) is 72.1 cm³/mol. The molecule has 0 amide bonds. The molecule has 1 aliphatic carbocycles. The van der Waals surface area contributed by atoms with Crippen LogP contribution in [0.2, 0.25) is 0 Å². The Hall–Kier alpha value is -1.90. The van der Waals surface area contributed by atoms with Crippen molar-refractivity contribution in [3.63, 3.8) is 0 Å². The SMILES string of the molecule is C=C[C@]1(O)c2cccc3cccc(c23)[C@@]1(O)C=C. The Labute approximate surface area is 106 Å². The van der Waals surface area contributed by atoms with Gasteiger partial charge in [0.2, 0.25) is 0 Å². The Bertz CT molecular complexity index is 619. The topological polar surface area (TPSA) is 40.5 Å². The summed E-state index contributed by atoms with van der Waals surface area (Å²) in [6.45, 7) is 7.34. The lowest BCUT2D eigenvalue weighted by atomic mass is 9.81. The molecule has 0 saturated carbocycles. The Morgan fingerprint density at radius 3 is 1.67 bits per heavy atom. The van der Waals surface area contributed by atoms with Crippen molar-refractivity contribution < 1.29 is 10.2 Å². The minimum Gasteiger partial charge on any atom is -0.377 e. The molecule has 2 nitrogen and oxygen atoms in total. The number of rotatable bonds is 2. The maximum Gasteiger partial charge on any atom is 0.144 e. The highest BCUT2D eigenvalue weighted by atomic mass is 16.4. The van der Waals surface area contributed by atoms with E-state index >= 15 is 0 Å². The Morgan fingerprint density at radius 1 is 0.833 bits per heavy atom. The Kier molecular flexibility index (Phi) is 2.06. The van der Waals surface area contributed by atoms with E-state index in [1.807, 2.05) is 36.4 Å². The summed E-state index contributed by atoms with van der Waals surface area (Å²) in [6, 6.07) is 11.3. The van der Waals surface area contributed by atoms with E-state index in [0.29, 0.717) is 11.1 Å². The molecule has 0 bridgehead atoms. The summed E-state index contributed by atoms with van der Waals surface area (Å²) >= 11 is 0. The summed E-state index contributed by atoms with van der Waals surface area (Å²) in [7, 11) is 0. The predicted octanol–water partition coefficient (Wildman–Crippen LogP) is 2.60. The van der Waals surface area contributed by atoms with Crippen molar-refractivity contribution in [3.8, 4) is 0 Å². The summed E-state index contributed by atoms with van der Waals surface area (Å²) in [6.07, 6.45) is 2.76. The van der Waals surface area contributed by atoms with Crippen LogP contribution in [0, 0.1) is 0 Å². The Morgan fingerprint density at radius 2 is 1.28 bits per heavy atom. The van der Waals surface area contributed by atoms with Gasteiger partial charge in [0.1, 0.15) is 11.2 Å². The molecular formula is C16H14O2. The third-order valence-electron chi connectivity index (χ3n) is 3.90. The van der Waals surface area contributed by atoms with Crippen molar-refractivity contribution in [3.05, 3.63) is 72.8 Å². The van der Waals surface area contributed by atoms with Crippen LogP contribution in [-0.2, 0) is 11.2 Å². The minimum absolute atomic E-state index is 0.674. The van der Waals surface area contributed by atoms with E-state index < -0.39 is 11.2 Å². The normalized spacial score (nSPS) is 29.4. The fraction of sp³-hybridized carbons (Fsp3) is 0.125. The average Bonchev–Trinajstić information content (AvgIpc) is 2.62. The number of benzene rings is 2. The van der Waals surface area contributed by atoms with Crippen LogP contribution in [-0.4, -0.2) is 10.2 Å². The van der Waals surface area contributed by atoms with E-state index in [1.165, 1.54) is 12.2 Å². The molecule has 90 valence electrons. The second-order valence-electron chi connectivity index (χ2n) is 4.65. The highest BCUT2D eigenvalue weighted by Gasteiger charge is 2.54. The molecule has 2 heteroatoms. The molecule has 0 radical (unpaired) electrons. The van der Waals surface area contributed by atoms with Gasteiger partial charge in [-0.05, 0) is 21.9 Å². The molecule has 0 saturated heterocycles. The van der Waals surface area contributed by atoms with E-state index in [-0.39, 0.29) is 0 Å². The smallest absolute Gasteiger partial charge is 0.144 e. The second-order valence-corrected chi connectivity index (χ2v) is 4.65. The van der Waals surface area contributed by atoms with E-state index in [1.54, 1.807) is 0 Å². The molecule has 2 N–H and O–H groups in total. The first-order valence-corrected chi connectivity index (χ1v) is 5.83. The van der Waals surface area contributed by atoms with Gasteiger partial charge in [0.05, 0.1) is 0 Å². The first-order valence-electron chi connectivity index (χ1n) is 5.83. The van der Waals surface area contributed by atoms with E-state index in [4.69, 9.17) is 0 Å². The summed E-state index contributed by atoms with van der Waals surface area (Å²) in [5.41, 5.74) is -1.71. The van der Waals surface area contributed by atoms with Gasteiger partial charge in [0.15, 0.2) is 0 Å². The van der Waals surface area contributed by atoms with Crippen LogP contribution in [0.1, 0.15) is 11.1 Å². The van der Waals surface area contributed by atoms with Crippen molar-refractivity contribution >= 4 is 10.8 Å². The molecular weight excluding hydrogens is 224 g/mol. The molecule has 0 unspecified atom stereocenters. The summed E-state index contributed by atoms with van der Waals surface area (Å²) in [5.74, 6) is 0. The zero-order valence-electron chi connectivity index (χ0n) is 9.93. The zero-order chi connectivity index (χ0) is 13.0. The lowest BCUT2D eigenvalue weighted by Crippen LogP contribution is -2.42. The Balaban J connectivity index is 2.55. The van der Waals surface area contributed by atoms with Crippen LogP contribution in [0.5, 0.6) is 0 Å². The first kappa shape index (κ1) is 11.2. The van der Waals surface area contributed by atoms with Gasteiger partial charge >= 0.3 is 0 Å². The molecule has 0 aromatic heterocycles. The lowest BCUT2D eigenvalue weighted by molar-refractivity contribution is -0.0941. The molecule has 0 fully saturated rings. The van der Waals surface area contributed by atoms with Crippen LogP contribution in [0.25, 0.3) is 10.8 Å². The molecule has 1 aliphatic rings. The van der Waals surface area contributed by atoms with Crippen molar-refractivity contribution in [1.29, 1.82) is 0 Å². The molecule has 18 heavy (non-hydrogen) atoms. The summed E-state index contributed by atoms with van der Waals surface area (Å²) in [5, 5.41) is 23.5. The summed E-state index contributed by atoms with van der Waals surface area (Å²) < 4.78 is 0. The van der Waals surface area contributed by atoms with Gasteiger partial charge < -0.3 is 10.2 Å². The largest absolute Gasteiger partial charge is 0.377 e. The quantitative estimate of drug-likeness (QED) is 0.789. The first-order chi connectivity index (χ1) is 8.58. The van der Waals surface area contributed by atoms with Crippen molar-refractivity contribution in [2.75, 3.05) is 0 Å². The number of hydrogen-bond donors (Lipinski definition) is 2. The van der Waals surface area contributed by atoms with Crippen molar-refractivity contribution in [2.24, 2.45) is 0 Å². The second kappa shape index (κ2) is 3.31. The molecule has 0 spiro atoms. The molecule has 2 aromatic rings. The molecule has 3 rings (SSSR count). The van der Waals surface area contributed by atoms with Gasteiger partial charge in [-0.2, -0.15) is 0 Å². The lowest BCUT2D eigenvalue weighted by Gasteiger charge is -2.34.